The van der Waals surface area contributed by atoms with E-state index in [2.05, 4.69) is 75.0 Å². The normalized spacial score (nSPS) is 16.8. The summed E-state index contributed by atoms with van der Waals surface area (Å²) in [6.07, 6.45) is 5.30. The van der Waals surface area contributed by atoms with Crippen LogP contribution in [0.1, 0.15) is 48.8 Å². The summed E-state index contributed by atoms with van der Waals surface area (Å²) in [4.78, 5) is 13.6. The number of nitrogens with zero attached hydrogens (tertiary/aromatic N) is 6. The van der Waals surface area contributed by atoms with Crippen LogP contribution in [0.3, 0.4) is 0 Å². The molecule has 3 heterocycles. The fourth-order valence-corrected chi connectivity index (χ4v) is 4.36. The van der Waals surface area contributed by atoms with Crippen molar-refractivity contribution in [3.63, 3.8) is 0 Å². The number of aromatic nitrogens is 4. The zero-order valence-electron chi connectivity index (χ0n) is 20.3. The highest BCUT2D eigenvalue weighted by Gasteiger charge is 2.28. The Kier molecular flexibility index (Phi) is 6.61. The van der Waals surface area contributed by atoms with E-state index in [4.69, 9.17) is 0 Å². The maximum atomic E-state index is 10.1. The molecule has 0 unspecified atom stereocenters. The van der Waals surface area contributed by atoms with Crippen molar-refractivity contribution < 1.29 is 5.11 Å². The molecular weight excluding hydrogens is 412 g/mol. The summed E-state index contributed by atoms with van der Waals surface area (Å²) >= 11 is 0. The number of hydrogen-bond acceptors (Lipinski definition) is 7. The van der Waals surface area contributed by atoms with Gasteiger partial charge in [-0.2, -0.15) is 5.10 Å². The second-order valence-electron chi connectivity index (χ2n) is 9.51. The molecule has 7 nitrogen and oxygen atoms in total. The van der Waals surface area contributed by atoms with Crippen LogP contribution < -0.4 is 9.80 Å². The van der Waals surface area contributed by atoms with Gasteiger partial charge in [-0.3, -0.25) is 4.98 Å². The van der Waals surface area contributed by atoms with Crippen molar-refractivity contribution in [1.82, 2.24) is 20.2 Å². The first-order valence-electron chi connectivity index (χ1n) is 11.7. The molecule has 1 saturated heterocycles. The summed E-state index contributed by atoms with van der Waals surface area (Å²) in [6.45, 7) is 12.5. The highest BCUT2D eigenvalue weighted by Crippen LogP contribution is 2.27. The Bertz CT molecular complexity index is 1080. The van der Waals surface area contributed by atoms with Crippen LogP contribution in [0.5, 0.6) is 0 Å². The molecule has 1 fully saturated rings. The standard InChI is InChI=1S/C26H34N6O/c1-18-17-31(13-14-32(18)24-16-27-23(15-28-24)26(4,5)33)25-20(3)19(2)22(29-30-25)12-11-21-9-7-6-8-10-21/h6-10,15-16,18,33H,11-14,17H2,1-5H3/t18-/m1/s1. The number of aryl methyl sites for hydroxylation is 2. The monoisotopic (exact) mass is 446 g/mol. The van der Waals surface area contributed by atoms with Crippen molar-refractivity contribution in [3.05, 3.63) is 70.8 Å². The number of benzene rings is 1. The van der Waals surface area contributed by atoms with Gasteiger partial charge in [0.05, 0.1) is 23.8 Å². The van der Waals surface area contributed by atoms with E-state index in [-0.39, 0.29) is 6.04 Å². The summed E-state index contributed by atoms with van der Waals surface area (Å²) < 4.78 is 0. The molecule has 33 heavy (non-hydrogen) atoms. The molecule has 0 radical (unpaired) electrons. The first-order chi connectivity index (χ1) is 15.7. The van der Waals surface area contributed by atoms with E-state index < -0.39 is 5.60 Å². The lowest BCUT2D eigenvalue weighted by Gasteiger charge is -2.41. The average molecular weight is 447 g/mol. The predicted octanol–water partition coefficient (Wildman–Crippen LogP) is 3.61. The third-order valence-electron chi connectivity index (χ3n) is 6.58. The molecular formula is C26H34N6O. The molecule has 1 aliphatic rings. The molecule has 0 bridgehead atoms. The minimum atomic E-state index is -0.989. The van der Waals surface area contributed by atoms with Gasteiger partial charge in [-0.1, -0.05) is 30.3 Å². The van der Waals surface area contributed by atoms with Gasteiger partial charge in [0.15, 0.2) is 5.82 Å². The van der Waals surface area contributed by atoms with E-state index in [9.17, 15) is 5.11 Å². The molecule has 0 spiro atoms. The van der Waals surface area contributed by atoms with Gasteiger partial charge < -0.3 is 14.9 Å². The van der Waals surface area contributed by atoms with E-state index in [0.717, 1.165) is 49.8 Å². The summed E-state index contributed by atoms with van der Waals surface area (Å²) in [5.41, 5.74) is 4.43. The Balaban J connectivity index is 1.43. The van der Waals surface area contributed by atoms with E-state index in [0.29, 0.717) is 5.69 Å². The largest absolute Gasteiger partial charge is 0.384 e. The lowest BCUT2D eigenvalue weighted by Crippen LogP contribution is -2.53. The number of anilines is 2. The van der Waals surface area contributed by atoms with E-state index in [1.54, 1.807) is 26.2 Å². The number of aliphatic hydroxyl groups is 1. The van der Waals surface area contributed by atoms with Crippen LogP contribution in [0.25, 0.3) is 0 Å². The highest BCUT2D eigenvalue weighted by atomic mass is 16.3. The number of hydrogen-bond donors (Lipinski definition) is 1. The summed E-state index contributed by atoms with van der Waals surface area (Å²) in [5.74, 6) is 1.82. The van der Waals surface area contributed by atoms with Crippen molar-refractivity contribution in [2.75, 3.05) is 29.4 Å². The zero-order valence-corrected chi connectivity index (χ0v) is 20.3. The summed E-state index contributed by atoms with van der Waals surface area (Å²) in [5, 5.41) is 19.4. The first kappa shape index (κ1) is 23.1. The van der Waals surface area contributed by atoms with Crippen molar-refractivity contribution in [2.45, 2.75) is 59.1 Å². The Morgan fingerprint density at radius 2 is 1.73 bits per heavy atom. The fourth-order valence-electron chi connectivity index (χ4n) is 4.36. The SMILES string of the molecule is Cc1c(CCc2ccccc2)nnc(N2CCN(c3cnc(C(C)(C)O)cn3)[C@H](C)C2)c1C. The van der Waals surface area contributed by atoms with Gasteiger partial charge >= 0.3 is 0 Å². The van der Waals surface area contributed by atoms with Crippen LogP contribution in [0.2, 0.25) is 0 Å². The van der Waals surface area contributed by atoms with Gasteiger partial charge in [-0.15, -0.1) is 5.10 Å². The molecule has 1 aromatic carbocycles. The van der Waals surface area contributed by atoms with Crippen molar-refractivity contribution in [1.29, 1.82) is 0 Å². The number of rotatable bonds is 6. The summed E-state index contributed by atoms with van der Waals surface area (Å²) in [7, 11) is 0. The van der Waals surface area contributed by atoms with Gasteiger partial charge in [-0.05, 0) is 64.2 Å². The third kappa shape index (κ3) is 5.14. The van der Waals surface area contributed by atoms with E-state index in [1.807, 2.05) is 6.07 Å². The molecule has 1 N–H and O–H groups in total. The van der Waals surface area contributed by atoms with Gasteiger partial charge in [0.25, 0.3) is 0 Å². The Hall–Kier alpha value is -3.06. The third-order valence-corrected chi connectivity index (χ3v) is 6.58. The topological polar surface area (TPSA) is 78.3 Å². The maximum absolute atomic E-state index is 10.1. The molecule has 0 aliphatic carbocycles. The molecule has 0 amide bonds. The lowest BCUT2D eigenvalue weighted by atomic mass is 10.0. The zero-order chi connectivity index (χ0) is 23.6. The Labute approximate surface area is 196 Å². The van der Waals surface area contributed by atoms with Crippen LogP contribution in [0.15, 0.2) is 42.7 Å². The predicted molar refractivity (Wildman–Crippen MR) is 132 cm³/mol. The quantitative estimate of drug-likeness (QED) is 0.620. The van der Waals surface area contributed by atoms with Gasteiger partial charge in [0.2, 0.25) is 0 Å². The van der Waals surface area contributed by atoms with Crippen LogP contribution in [-0.4, -0.2) is 50.9 Å². The molecule has 2 aromatic heterocycles. The fraction of sp³-hybridized carbons (Fsp3) is 0.462. The Morgan fingerprint density at radius 3 is 2.36 bits per heavy atom. The second-order valence-corrected chi connectivity index (χ2v) is 9.51. The summed E-state index contributed by atoms with van der Waals surface area (Å²) in [6, 6.07) is 10.8. The average Bonchev–Trinajstić information content (AvgIpc) is 2.80. The molecule has 0 saturated carbocycles. The van der Waals surface area contributed by atoms with E-state index >= 15 is 0 Å². The van der Waals surface area contributed by atoms with Crippen molar-refractivity contribution >= 4 is 11.6 Å². The molecule has 3 aromatic rings. The van der Waals surface area contributed by atoms with Gasteiger partial charge in [0.1, 0.15) is 11.4 Å². The molecule has 4 rings (SSSR count). The smallest absolute Gasteiger partial charge is 0.154 e. The van der Waals surface area contributed by atoms with Crippen LogP contribution in [0, 0.1) is 13.8 Å². The maximum Gasteiger partial charge on any atom is 0.154 e. The Morgan fingerprint density at radius 1 is 0.970 bits per heavy atom. The van der Waals surface area contributed by atoms with Crippen molar-refractivity contribution in [2.24, 2.45) is 0 Å². The van der Waals surface area contributed by atoms with Crippen LogP contribution in [-0.2, 0) is 18.4 Å². The van der Waals surface area contributed by atoms with Gasteiger partial charge in [-0.25, -0.2) is 4.98 Å². The minimum Gasteiger partial charge on any atom is -0.384 e. The van der Waals surface area contributed by atoms with Crippen LogP contribution in [0.4, 0.5) is 11.6 Å². The first-order valence-corrected chi connectivity index (χ1v) is 11.7. The minimum absolute atomic E-state index is 0.250. The molecule has 7 heteroatoms. The van der Waals surface area contributed by atoms with Crippen LogP contribution >= 0.6 is 0 Å². The molecule has 1 atom stereocenters. The van der Waals surface area contributed by atoms with Crippen molar-refractivity contribution in [3.8, 4) is 0 Å². The van der Waals surface area contributed by atoms with E-state index in [1.165, 1.54) is 16.7 Å². The number of piperazine rings is 1. The highest BCUT2D eigenvalue weighted by molar-refractivity contribution is 5.52. The van der Waals surface area contributed by atoms with Gasteiger partial charge in [0, 0.05) is 25.7 Å². The second kappa shape index (κ2) is 9.43. The molecule has 174 valence electrons. The molecule has 1 aliphatic heterocycles. The lowest BCUT2D eigenvalue weighted by molar-refractivity contribution is 0.0734.